The summed E-state index contributed by atoms with van der Waals surface area (Å²) < 4.78 is 10.7. The van der Waals surface area contributed by atoms with Gasteiger partial charge in [0, 0.05) is 5.69 Å². The normalized spacial score (nSPS) is 11.4. The van der Waals surface area contributed by atoms with Crippen LogP contribution in [-0.2, 0) is 0 Å². The van der Waals surface area contributed by atoms with Crippen LogP contribution < -0.4 is 10.9 Å². The zero-order valence-corrected chi connectivity index (χ0v) is 16.5. The molecule has 29 heavy (non-hydrogen) atoms. The molecule has 0 aliphatic heterocycles. The van der Waals surface area contributed by atoms with E-state index in [1.807, 2.05) is 13.8 Å². The quantitative estimate of drug-likeness (QED) is 0.438. The Morgan fingerprint density at radius 2 is 1.38 bits per heavy atom. The van der Waals surface area contributed by atoms with Crippen LogP contribution >= 0.6 is 0 Å². The predicted molar refractivity (Wildman–Crippen MR) is 107 cm³/mol. The third kappa shape index (κ3) is 4.70. The first-order chi connectivity index (χ1) is 13.8. The minimum absolute atomic E-state index is 0.242. The summed E-state index contributed by atoms with van der Waals surface area (Å²) in [6, 6.07) is 7.07. The Morgan fingerprint density at radius 3 is 1.86 bits per heavy atom. The van der Waals surface area contributed by atoms with Gasteiger partial charge >= 0.3 is 0 Å². The molecule has 0 aromatic carbocycles. The number of rotatable bonds is 6. The monoisotopic (exact) mass is 395 g/mol. The predicted octanol–water partition coefficient (Wildman–Crippen LogP) is 2.96. The van der Waals surface area contributed by atoms with E-state index in [2.05, 4.69) is 26.0 Å². The van der Waals surface area contributed by atoms with Crippen LogP contribution in [0, 0.1) is 27.7 Å². The van der Waals surface area contributed by atoms with Crippen molar-refractivity contribution in [2.24, 2.45) is 10.2 Å². The lowest BCUT2D eigenvalue weighted by Crippen LogP contribution is -2.21. The standard InChI is InChI=1S/C20H21N5O4/c1-11-5-7-15(28-11)9-21-24-19(26)17-13(3)18(23-14(17)4)20(27)25-22-10-16-8-6-12(2)29-16/h5-10,23H,1-4H3,(H,24,26)(H,25,27)/b21-9+,22-10+. The maximum atomic E-state index is 12.5. The van der Waals surface area contributed by atoms with Crippen LogP contribution in [0.1, 0.15) is 55.1 Å². The highest BCUT2D eigenvalue weighted by Crippen LogP contribution is 2.18. The van der Waals surface area contributed by atoms with E-state index in [9.17, 15) is 9.59 Å². The summed E-state index contributed by atoms with van der Waals surface area (Å²) in [5.74, 6) is 1.62. The second kappa shape index (κ2) is 8.42. The van der Waals surface area contributed by atoms with Gasteiger partial charge < -0.3 is 13.8 Å². The van der Waals surface area contributed by atoms with E-state index in [1.165, 1.54) is 12.4 Å². The molecule has 0 saturated carbocycles. The fourth-order valence-corrected chi connectivity index (χ4v) is 2.78. The minimum atomic E-state index is -0.473. The van der Waals surface area contributed by atoms with Crippen molar-refractivity contribution in [2.75, 3.05) is 0 Å². The van der Waals surface area contributed by atoms with Gasteiger partial charge in [0.05, 0.1) is 18.0 Å². The van der Waals surface area contributed by atoms with Crippen LogP contribution in [0.15, 0.2) is 43.3 Å². The van der Waals surface area contributed by atoms with Gasteiger partial charge in [0.2, 0.25) is 0 Å². The lowest BCUT2D eigenvalue weighted by Gasteiger charge is -2.01. The van der Waals surface area contributed by atoms with Crippen molar-refractivity contribution < 1.29 is 18.4 Å². The van der Waals surface area contributed by atoms with Gasteiger partial charge in [-0.15, -0.1) is 0 Å². The first-order valence-electron chi connectivity index (χ1n) is 8.84. The molecule has 0 aliphatic carbocycles. The Labute approximate surface area is 166 Å². The molecule has 0 saturated heterocycles. The number of hydrogen-bond donors (Lipinski definition) is 3. The average Bonchev–Trinajstić information content (AvgIpc) is 3.34. The van der Waals surface area contributed by atoms with Crippen molar-refractivity contribution in [3.8, 4) is 0 Å². The summed E-state index contributed by atoms with van der Waals surface area (Å²) in [5, 5.41) is 7.75. The number of hydrogen-bond acceptors (Lipinski definition) is 6. The van der Waals surface area contributed by atoms with Crippen LogP contribution in [0.5, 0.6) is 0 Å². The Morgan fingerprint density at radius 1 is 0.862 bits per heavy atom. The van der Waals surface area contributed by atoms with Gasteiger partial charge in [0.15, 0.2) is 0 Å². The maximum absolute atomic E-state index is 12.5. The first-order valence-corrected chi connectivity index (χ1v) is 8.84. The number of furan rings is 2. The molecule has 9 nitrogen and oxygen atoms in total. The van der Waals surface area contributed by atoms with Crippen LogP contribution in [0.25, 0.3) is 0 Å². The fourth-order valence-electron chi connectivity index (χ4n) is 2.78. The molecule has 0 aliphatic rings. The van der Waals surface area contributed by atoms with Crippen molar-refractivity contribution in [3.05, 3.63) is 69.8 Å². The van der Waals surface area contributed by atoms with Crippen molar-refractivity contribution in [2.45, 2.75) is 27.7 Å². The van der Waals surface area contributed by atoms with Crippen molar-refractivity contribution >= 4 is 24.2 Å². The van der Waals surface area contributed by atoms with Gasteiger partial charge in [-0.3, -0.25) is 9.59 Å². The summed E-state index contributed by atoms with van der Waals surface area (Å²) >= 11 is 0. The van der Waals surface area contributed by atoms with Crippen molar-refractivity contribution in [3.63, 3.8) is 0 Å². The van der Waals surface area contributed by atoms with Gasteiger partial charge in [0.25, 0.3) is 11.8 Å². The highest BCUT2D eigenvalue weighted by molar-refractivity contribution is 6.02. The Bertz CT molecular complexity index is 1100. The molecule has 3 aromatic rings. The number of nitrogens with zero attached hydrogens (tertiary/aromatic N) is 2. The minimum Gasteiger partial charge on any atom is -0.460 e. The van der Waals surface area contributed by atoms with Gasteiger partial charge in [-0.05, 0) is 57.5 Å². The molecule has 0 bridgehead atoms. The SMILES string of the molecule is Cc1ccc(/C=N/NC(=O)c2[nH]c(C)c(C(=O)N/N=C/c3ccc(C)o3)c2C)o1. The highest BCUT2D eigenvalue weighted by Gasteiger charge is 2.21. The molecule has 9 heteroatoms. The third-order valence-electron chi connectivity index (χ3n) is 4.13. The number of carbonyl (C=O) groups excluding carboxylic acids is 2. The Balaban J connectivity index is 1.66. The molecule has 3 N–H and O–H groups in total. The number of H-pyrrole nitrogens is 1. The number of aromatic amines is 1. The lowest BCUT2D eigenvalue weighted by atomic mass is 10.1. The number of carbonyl (C=O) groups is 2. The summed E-state index contributed by atoms with van der Waals surface area (Å²) in [6.07, 6.45) is 2.80. The van der Waals surface area contributed by atoms with E-state index in [4.69, 9.17) is 8.83 Å². The van der Waals surface area contributed by atoms with Crippen LogP contribution in [0.2, 0.25) is 0 Å². The van der Waals surface area contributed by atoms with Crippen molar-refractivity contribution in [1.82, 2.24) is 15.8 Å². The summed E-state index contributed by atoms with van der Waals surface area (Å²) in [5.41, 5.74) is 6.46. The van der Waals surface area contributed by atoms with Crippen LogP contribution in [-0.4, -0.2) is 29.2 Å². The van der Waals surface area contributed by atoms with E-state index < -0.39 is 11.8 Å². The number of nitrogens with one attached hydrogen (secondary N) is 3. The molecule has 2 amide bonds. The second-order valence-corrected chi connectivity index (χ2v) is 6.42. The lowest BCUT2D eigenvalue weighted by molar-refractivity contribution is 0.0948. The third-order valence-corrected chi connectivity index (χ3v) is 4.13. The molecule has 0 atom stereocenters. The molecule has 0 fully saturated rings. The highest BCUT2D eigenvalue weighted by atomic mass is 16.3. The molecule has 0 spiro atoms. The van der Waals surface area contributed by atoms with Gasteiger partial charge in [-0.2, -0.15) is 10.2 Å². The smallest absolute Gasteiger partial charge is 0.288 e. The summed E-state index contributed by atoms with van der Waals surface area (Å²) in [4.78, 5) is 27.8. The molecule has 3 aromatic heterocycles. The molecular formula is C20H21N5O4. The average molecular weight is 395 g/mol. The Hall–Kier alpha value is -3.88. The summed E-state index contributed by atoms with van der Waals surface area (Å²) in [6.45, 7) is 7.00. The molecule has 3 heterocycles. The number of aryl methyl sites for hydroxylation is 3. The number of aromatic nitrogens is 1. The van der Waals surface area contributed by atoms with Crippen LogP contribution in [0.4, 0.5) is 0 Å². The number of amides is 2. The maximum Gasteiger partial charge on any atom is 0.288 e. The van der Waals surface area contributed by atoms with Gasteiger partial charge in [-0.25, -0.2) is 10.9 Å². The summed E-state index contributed by atoms with van der Waals surface area (Å²) in [7, 11) is 0. The van der Waals surface area contributed by atoms with E-state index >= 15 is 0 Å². The molecular weight excluding hydrogens is 374 g/mol. The molecule has 150 valence electrons. The van der Waals surface area contributed by atoms with E-state index in [0.29, 0.717) is 28.3 Å². The second-order valence-electron chi connectivity index (χ2n) is 6.42. The zero-order chi connectivity index (χ0) is 21.0. The first kappa shape index (κ1) is 19.9. The van der Waals surface area contributed by atoms with Crippen LogP contribution in [0.3, 0.4) is 0 Å². The fraction of sp³-hybridized carbons (Fsp3) is 0.200. The topological polar surface area (TPSA) is 125 Å². The molecule has 0 radical (unpaired) electrons. The van der Waals surface area contributed by atoms with Crippen molar-refractivity contribution in [1.29, 1.82) is 0 Å². The van der Waals surface area contributed by atoms with E-state index in [-0.39, 0.29) is 5.69 Å². The van der Waals surface area contributed by atoms with E-state index in [1.54, 1.807) is 38.1 Å². The number of hydrazone groups is 2. The molecule has 3 rings (SSSR count). The Kier molecular flexibility index (Phi) is 5.77. The van der Waals surface area contributed by atoms with Gasteiger partial charge in [-0.1, -0.05) is 0 Å². The molecule has 0 unspecified atom stereocenters. The van der Waals surface area contributed by atoms with Gasteiger partial charge in [0.1, 0.15) is 28.7 Å². The zero-order valence-electron chi connectivity index (χ0n) is 16.5. The van der Waals surface area contributed by atoms with E-state index in [0.717, 1.165) is 11.5 Å². The largest absolute Gasteiger partial charge is 0.460 e.